The van der Waals surface area contributed by atoms with Gasteiger partial charge < -0.3 is 10.2 Å². The molecule has 1 aromatic rings. The van der Waals surface area contributed by atoms with Crippen molar-refractivity contribution in [3.05, 3.63) is 15.6 Å². The summed E-state index contributed by atoms with van der Waals surface area (Å²) in [5, 5.41) is 4.07. The smallest absolute Gasteiger partial charge is 0.225 e. The first-order valence-electron chi connectivity index (χ1n) is 7.49. The number of thiazole rings is 1. The Kier molecular flexibility index (Phi) is 5.33. The third-order valence-electron chi connectivity index (χ3n) is 3.91. The number of nitrogens with zero attached hydrogens (tertiary/aromatic N) is 2. The Hall–Kier alpha value is -1.43. The lowest BCUT2D eigenvalue weighted by molar-refractivity contribution is -0.128. The Balaban J connectivity index is 1.69. The van der Waals surface area contributed by atoms with Gasteiger partial charge in [0, 0.05) is 37.4 Å². The minimum Gasteiger partial charge on any atom is -0.356 e. The summed E-state index contributed by atoms with van der Waals surface area (Å²) in [5.41, 5.74) is 1.10. The number of likely N-dealkylation sites (tertiary alicyclic amines) is 1. The van der Waals surface area contributed by atoms with Crippen LogP contribution in [0.15, 0.2) is 0 Å². The van der Waals surface area contributed by atoms with E-state index < -0.39 is 0 Å². The Morgan fingerprint density at radius 1 is 1.48 bits per heavy atom. The Morgan fingerprint density at radius 2 is 2.24 bits per heavy atom. The fourth-order valence-corrected chi connectivity index (χ4v) is 3.47. The minimum atomic E-state index is -0.179. The SMILES string of the molecule is CCN1CC(C(=O)NCCCc2nc(C)c(C)s2)CC1=O. The van der Waals surface area contributed by atoms with Crippen LogP contribution in [0.25, 0.3) is 0 Å². The molecule has 6 heteroatoms. The quantitative estimate of drug-likeness (QED) is 0.813. The van der Waals surface area contributed by atoms with E-state index in [1.165, 1.54) is 4.88 Å². The summed E-state index contributed by atoms with van der Waals surface area (Å²) in [6.45, 7) is 7.93. The largest absolute Gasteiger partial charge is 0.356 e. The van der Waals surface area contributed by atoms with Crippen molar-refractivity contribution in [3.63, 3.8) is 0 Å². The molecule has 0 aliphatic carbocycles. The monoisotopic (exact) mass is 309 g/mol. The highest BCUT2D eigenvalue weighted by molar-refractivity contribution is 7.11. The fourth-order valence-electron chi connectivity index (χ4n) is 2.49. The maximum Gasteiger partial charge on any atom is 0.225 e. The molecule has 2 heterocycles. The average molecular weight is 309 g/mol. The van der Waals surface area contributed by atoms with Crippen LogP contribution in [0.3, 0.4) is 0 Å². The standard InChI is InChI=1S/C15H23N3O2S/c1-4-18-9-12(8-14(18)19)15(20)16-7-5-6-13-17-10(2)11(3)21-13/h12H,4-9H2,1-3H3,(H,16,20). The fraction of sp³-hybridized carbons (Fsp3) is 0.667. The second-order valence-corrected chi connectivity index (χ2v) is 6.76. The van der Waals surface area contributed by atoms with E-state index >= 15 is 0 Å². The topological polar surface area (TPSA) is 62.3 Å². The summed E-state index contributed by atoms with van der Waals surface area (Å²) in [7, 11) is 0. The van der Waals surface area contributed by atoms with Gasteiger partial charge in [0.1, 0.15) is 0 Å². The van der Waals surface area contributed by atoms with Crippen molar-refractivity contribution >= 4 is 23.2 Å². The van der Waals surface area contributed by atoms with E-state index in [0.717, 1.165) is 23.5 Å². The van der Waals surface area contributed by atoms with Crippen LogP contribution in [0.5, 0.6) is 0 Å². The maximum absolute atomic E-state index is 12.0. The summed E-state index contributed by atoms with van der Waals surface area (Å²) >= 11 is 1.73. The highest BCUT2D eigenvalue weighted by Gasteiger charge is 2.32. The molecule has 1 unspecified atom stereocenters. The highest BCUT2D eigenvalue weighted by atomic mass is 32.1. The van der Waals surface area contributed by atoms with Gasteiger partial charge in [-0.1, -0.05) is 0 Å². The van der Waals surface area contributed by atoms with Gasteiger partial charge in [-0.3, -0.25) is 9.59 Å². The van der Waals surface area contributed by atoms with Gasteiger partial charge in [-0.2, -0.15) is 0 Å². The van der Waals surface area contributed by atoms with Crippen LogP contribution in [-0.4, -0.2) is 41.3 Å². The molecular formula is C15H23N3O2S. The molecule has 0 saturated carbocycles. The molecule has 1 N–H and O–H groups in total. The van der Waals surface area contributed by atoms with Crippen LogP contribution in [-0.2, 0) is 16.0 Å². The molecule has 1 saturated heterocycles. The van der Waals surface area contributed by atoms with E-state index in [-0.39, 0.29) is 17.7 Å². The lowest BCUT2D eigenvalue weighted by atomic mass is 10.1. The first-order valence-corrected chi connectivity index (χ1v) is 8.31. The Bertz CT molecular complexity index is 507. The normalized spacial score (nSPS) is 18.3. The van der Waals surface area contributed by atoms with Gasteiger partial charge in [-0.25, -0.2) is 4.98 Å². The van der Waals surface area contributed by atoms with Crippen LogP contribution >= 0.6 is 11.3 Å². The second-order valence-electron chi connectivity index (χ2n) is 5.48. The van der Waals surface area contributed by atoms with E-state index in [4.69, 9.17) is 0 Å². The van der Waals surface area contributed by atoms with Crippen LogP contribution in [0, 0.1) is 19.8 Å². The van der Waals surface area contributed by atoms with Crippen LogP contribution < -0.4 is 5.32 Å². The van der Waals surface area contributed by atoms with Gasteiger partial charge in [0.2, 0.25) is 11.8 Å². The maximum atomic E-state index is 12.0. The van der Waals surface area contributed by atoms with E-state index in [2.05, 4.69) is 17.2 Å². The van der Waals surface area contributed by atoms with Crippen molar-refractivity contribution in [2.75, 3.05) is 19.6 Å². The first kappa shape index (κ1) is 15.9. The van der Waals surface area contributed by atoms with Crippen LogP contribution in [0.4, 0.5) is 0 Å². The molecule has 1 aliphatic heterocycles. The van der Waals surface area contributed by atoms with Crippen molar-refractivity contribution in [1.29, 1.82) is 0 Å². The number of rotatable bonds is 6. The second kappa shape index (κ2) is 7.02. The zero-order chi connectivity index (χ0) is 15.4. The van der Waals surface area contributed by atoms with Crippen molar-refractivity contribution in [1.82, 2.24) is 15.2 Å². The Labute approximate surface area is 129 Å². The van der Waals surface area contributed by atoms with Crippen molar-refractivity contribution in [3.8, 4) is 0 Å². The lowest BCUT2D eigenvalue weighted by Crippen LogP contribution is -2.33. The van der Waals surface area contributed by atoms with Crippen LogP contribution in [0.1, 0.15) is 35.3 Å². The van der Waals surface area contributed by atoms with Gasteiger partial charge in [0.15, 0.2) is 0 Å². The third-order valence-corrected chi connectivity index (χ3v) is 5.04. The molecule has 2 amide bonds. The van der Waals surface area contributed by atoms with E-state index in [1.807, 2.05) is 13.8 Å². The number of hydrogen-bond acceptors (Lipinski definition) is 4. The van der Waals surface area contributed by atoms with E-state index in [0.29, 0.717) is 26.1 Å². The summed E-state index contributed by atoms with van der Waals surface area (Å²) in [6, 6.07) is 0. The number of carbonyl (C=O) groups excluding carboxylic acids is 2. The molecule has 21 heavy (non-hydrogen) atoms. The molecule has 1 aromatic heterocycles. The van der Waals surface area contributed by atoms with Crippen molar-refractivity contribution in [2.45, 2.75) is 40.0 Å². The predicted molar refractivity (Wildman–Crippen MR) is 83.3 cm³/mol. The number of carbonyl (C=O) groups is 2. The molecule has 1 fully saturated rings. The lowest BCUT2D eigenvalue weighted by Gasteiger charge is -2.13. The van der Waals surface area contributed by atoms with E-state index in [9.17, 15) is 9.59 Å². The molecular weight excluding hydrogens is 286 g/mol. The molecule has 1 aliphatic rings. The van der Waals surface area contributed by atoms with Gasteiger partial charge in [-0.15, -0.1) is 11.3 Å². The number of aryl methyl sites for hydroxylation is 3. The molecule has 1 atom stereocenters. The van der Waals surface area contributed by atoms with E-state index in [1.54, 1.807) is 16.2 Å². The zero-order valence-electron chi connectivity index (χ0n) is 12.9. The summed E-state index contributed by atoms with van der Waals surface area (Å²) in [4.78, 5) is 31.1. The molecule has 0 bridgehead atoms. The molecule has 0 radical (unpaired) electrons. The number of hydrogen-bond donors (Lipinski definition) is 1. The number of nitrogens with one attached hydrogen (secondary N) is 1. The van der Waals surface area contributed by atoms with Gasteiger partial charge in [-0.05, 0) is 27.2 Å². The summed E-state index contributed by atoms with van der Waals surface area (Å²) in [5.74, 6) is -0.0843. The van der Waals surface area contributed by atoms with Gasteiger partial charge in [0.05, 0.1) is 16.6 Å². The van der Waals surface area contributed by atoms with Gasteiger partial charge in [0.25, 0.3) is 0 Å². The third kappa shape index (κ3) is 4.03. The van der Waals surface area contributed by atoms with Crippen molar-refractivity contribution < 1.29 is 9.59 Å². The molecule has 0 spiro atoms. The minimum absolute atomic E-state index is 0.00537. The highest BCUT2D eigenvalue weighted by Crippen LogP contribution is 2.18. The summed E-state index contributed by atoms with van der Waals surface area (Å²) in [6.07, 6.45) is 2.13. The summed E-state index contributed by atoms with van der Waals surface area (Å²) < 4.78 is 0. The molecule has 2 rings (SSSR count). The Morgan fingerprint density at radius 3 is 2.81 bits per heavy atom. The first-order chi connectivity index (χ1) is 10.0. The molecule has 5 nitrogen and oxygen atoms in total. The number of aromatic nitrogens is 1. The molecule has 0 aromatic carbocycles. The predicted octanol–water partition coefficient (Wildman–Crippen LogP) is 1.68. The van der Waals surface area contributed by atoms with Crippen molar-refractivity contribution in [2.24, 2.45) is 5.92 Å². The average Bonchev–Trinajstić information content (AvgIpc) is 2.98. The zero-order valence-corrected chi connectivity index (χ0v) is 13.8. The van der Waals surface area contributed by atoms with Gasteiger partial charge >= 0.3 is 0 Å². The molecule has 116 valence electrons. The van der Waals surface area contributed by atoms with Crippen LogP contribution in [0.2, 0.25) is 0 Å². The number of amides is 2.